The van der Waals surface area contributed by atoms with E-state index in [2.05, 4.69) is 36.3 Å². The van der Waals surface area contributed by atoms with Crippen molar-refractivity contribution in [3.63, 3.8) is 0 Å². The highest BCUT2D eigenvalue weighted by atomic mass is 79.9. The van der Waals surface area contributed by atoms with Gasteiger partial charge in [0, 0.05) is 13.2 Å². The van der Waals surface area contributed by atoms with Crippen LogP contribution in [0.4, 0.5) is 0 Å². The summed E-state index contributed by atoms with van der Waals surface area (Å²) < 4.78 is 4.66. The molecule has 106 valence electrons. The molecule has 0 saturated heterocycles. The monoisotopic (exact) mass is 380 g/mol. The third kappa shape index (κ3) is 2.12. The molecule has 4 aromatic rings. The fourth-order valence-electron chi connectivity index (χ4n) is 2.12. The van der Waals surface area contributed by atoms with Gasteiger partial charge < -0.3 is 0 Å². The third-order valence-electron chi connectivity index (χ3n) is 3.03. The Hall–Kier alpha value is -1.58. The van der Waals surface area contributed by atoms with Gasteiger partial charge >= 0.3 is 0 Å². The van der Waals surface area contributed by atoms with Crippen LogP contribution in [0, 0.1) is 6.92 Å². The van der Waals surface area contributed by atoms with E-state index in [-0.39, 0.29) is 0 Å². The molecule has 0 aliphatic carbocycles. The molecule has 4 aromatic heterocycles. The number of hydrogen-bond donors (Lipinski definition) is 0. The summed E-state index contributed by atoms with van der Waals surface area (Å²) in [7, 11) is 1.91. The van der Waals surface area contributed by atoms with Gasteiger partial charge in [0.1, 0.15) is 0 Å². The lowest BCUT2D eigenvalue weighted by molar-refractivity contribution is 0.756. The lowest BCUT2D eigenvalue weighted by Crippen LogP contribution is -1.89. The van der Waals surface area contributed by atoms with E-state index < -0.39 is 0 Å². The molecule has 0 spiro atoms. The Balaban J connectivity index is 1.88. The topological polar surface area (TPSA) is 60.9 Å². The van der Waals surface area contributed by atoms with Gasteiger partial charge in [-0.05, 0) is 35.0 Å². The molecule has 0 radical (unpaired) electrons. The van der Waals surface area contributed by atoms with Crippen molar-refractivity contribution in [1.82, 2.24) is 29.6 Å². The van der Waals surface area contributed by atoms with Gasteiger partial charge in [-0.2, -0.15) is 14.7 Å². The third-order valence-corrected chi connectivity index (χ3v) is 5.58. The van der Waals surface area contributed by atoms with Gasteiger partial charge in [-0.15, -0.1) is 21.5 Å². The van der Waals surface area contributed by atoms with E-state index in [0.29, 0.717) is 0 Å². The molecule has 0 amide bonds. The summed E-state index contributed by atoms with van der Waals surface area (Å²) in [5, 5.41) is 18.4. The number of fused-ring (bicyclic) bond motifs is 1. The summed E-state index contributed by atoms with van der Waals surface area (Å²) >= 11 is 6.60. The van der Waals surface area contributed by atoms with Crippen molar-refractivity contribution in [3.8, 4) is 21.3 Å². The highest BCUT2D eigenvalue weighted by Gasteiger charge is 2.17. The number of rotatable bonds is 2. The van der Waals surface area contributed by atoms with Crippen LogP contribution in [0.5, 0.6) is 0 Å². The van der Waals surface area contributed by atoms with E-state index in [1.807, 2.05) is 32.3 Å². The zero-order valence-electron chi connectivity index (χ0n) is 11.1. The Kier molecular flexibility index (Phi) is 2.95. The number of nitrogens with zero attached hydrogens (tertiary/aromatic N) is 6. The fourth-order valence-corrected chi connectivity index (χ4v) is 4.38. The van der Waals surface area contributed by atoms with Crippen LogP contribution in [0.1, 0.15) is 5.69 Å². The predicted molar refractivity (Wildman–Crippen MR) is 86.6 cm³/mol. The maximum Gasteiger partial charge on any atom is 0.235 e. The molecule has 0 saturated carbocycles. The van der Waals surface area contributed by atoms with Gasteiger partial charge in [0.15, 0.2) is 10.8 Å². The highest BCUT2D eigenvalue weighted by Crippen LogP contribution is 2.33. The summed E-state index contributed by atoms with van der Waals surface area (Å²) in [5.41, 5.74) is 1.99. The summed E-state index contributed by atoms with van der Waals surface area (Å²) in [4.78, 5) is 1.82. The van der Waals surface area contributed by atoms with E-state index in [9.17, 15) is 0 Å². The van der Waals surface area contributed by atoms with Crippen molar-refractivity contribution in [2.24, 2.45) is 7.05 Å². The van der Waals surface area contributed by atoms with Crippen LogP contribution in [-0.4, -0.2) is 29.6 Å². The predicted octanol–water partition coefficient (Wildman–Crippen LogP) is 3.39. The summed E-state index contributed by atoms with van der Waals surface area (Å²) in [6.45, 7) is 1.98. The largest absolute Gasteiger partial charge is 0.275 e. The Morgan fingerprint density at radius 1 is 1.14 bits per heavy atom. The molecule has 6 nitrogen and oxygen atoms in total. The molecule has 0 N–H and O–H groups in total. The van der Waals surface area contributed by atoms with E-state index >= 15 is 0 Å². The molecule has 0 bridgehead atoms. The minimum absolute atomic E-state index is 0.768. The summed E-state index contributed by atoms with van der Waals surface area (Å²) in [5.74, 6) is 0.768. The van der Waals surface area contributed by atoms with Crippen molar-refractivity contribution >= 4 is 43.6 Å². The summed E-state index contributed by atoms with van der Waals surface area (Å²) in [6.07, 6.45) is 1.97. The van der Waals surface area contributed by atoms with Crippen molar-refractivity contribution in [1.29, 1.82) is 0 Å². The quantitative estimate of drug-likeness (QED) is 0.534. The van der Waals surface area contributed by atoms with Crippen LogP contribution >= 0.6 is 38.6 Å². The second-order valence-corrected chi connectivity index (χ2v) is 7.95. The van der Waals surface area contributed by atoms with Gasteiger partial charge in [0.2, 0.25) is 4.96 Å². The molecule has 0 fully saturated rings. The Labute approximate surface area is 136 Å². The first-order chi connectivity index (χ1) is 10.1. The fraction of sp³-hybridized carbons (Fsp3) is 0.167. The van der Waals surface area contributed by atoms with Gasteiger partial charge in [-0.25, -0.2) is 0 Å². The Morgan fingerprint density at radius 2 is 2.00 bits per heavy atom. The minimum Gasteiger partial charge on any atom is -0.275 e. The lowest BCUT2D eigenvalue weighted by atomic mass is 10.3. The van der Waals surface area contributed by atoms with Crippen LogP contribution in [0.15, 0.2) is 22.1 Å². The maximum atomic E-state index is 4.65. The first-order valence-electron chi connectivity index (χ1n) is 6.10. The zero-order chi connectivity index (χ0) is 14.6. The second-order valence-electron chi connectivity index (χ2n) is 4.53. The molecular formula is C12H9BrN6S2. The van der Waals surface area contributed by atoms with Crippen molar-refractivity contribution in [2.75, 3.05) is 0 Å². The van der Waals surface area contributed by atoms with E-state index in [1.165, 1.54) is 11.3 Å². The molecule has 21 heavy (non-hydrogen) atoms. The van der Waals surface area contributed by atoms with Crippen molar-refractivity contribution in [3.05, 3.63) is 27.8 Å². The first-order valence-corrected chi connectivity index (χ1v) is 8.53. The van der Waals surface area contributed by atoms with Crippen LogP contribution in [-0.2, 0) is 7.05 Å². The van der Waals surface area contributed by atoms with Gasteiger partial charge in [-0.3, -0.25) is 4.68 Å². The van der Waals surface area contributed by atoms with Crippen LogP contribution in [0.3, 0.4) is 0 Å². The van der Waals surface area contributed by atoms with Crippen LogP contribution in [0.2, 0.25) is 0 Å². The number of hydrogen-bond acceptors (Lipinski definition) is 6. The van der Waals surface area contributed by atoms with Crippen LogP contribution < -0.4 is 0 Å². The van der Waals surface area contributed by atoms with Crippen molar-refractivity contribution < 1.29 is 0 Å². The Bertz CT molecular complexity index is 946. The molecule has 4 heterocycles. The standard InChI is InChI=1S/C12H9BrN6S2/c1-6-7(5-18(2)16-6)11-17-19-10(14-15-12(19)21-11)8-3-4-9(13)20-8/h3-5H,1-2H3. The van der Waals surface area contributed by atoms with E-state index in [0.717, 1.165) is 35.7 Å². The highest BCUT2D eigenvalue weighted by molar-refractivity contribution is 9.11. The Morgan fingerprint density at radius 3 is 2.67 bits per heavy atom. The molecule has 0 aromatic carbocycles. The van der Waals surface area contributed by atoms with E-state index in [1.54, 1.807) is 20.5 Å². The van der Waals surface area contributed by atoms with Crippen molar-refractivity contribution in [2.45, 2.75) is 6.92 Å². The van der Waals surface area contributed by atoms with Gasteiger partial charge in [0.25, 0.3) is 0 Å². The molecule has 0 atom stereocenters. The van der Waals surface area contributed by atoms with Crippen LogP contribution in [0.25, 0.3) is 26.2 Å². The zero-order valence-corrected chi connectivity index (χ0v) is 14.3. The smallest absolute Gasteiger partial charge is 0.235 e. The second kappa shape index (κ2) is 4.72. The average molecular weight is 381 g/mol. The number of halogens is 1. The van der Waals surface area contributed by atoms with Gasteiger partial charge in [-0.1, -0.05) is 11.3 Å². The minimum atomic E-state index is 0.768. The SMILES string of the molecule is Cc1nn(C)cc1-c1nn2c(-c3ccc(Br)s3)nnc2s1. The summed E-state index contributed by atoms with van der Waals surface area (Å²) in [6, 6.07) is 4.01. The maximum absolute atomic E-state index is 4.65. The molecule has 4 rings (SSSR count). The molecule has 0 unspecified atom stereocenters. The normalized spacial score (nSPS) is 11.6. The molecular weight excluding hydrogens is 372 g/mol. The molecule has 0 aliphatic rings. The van der Waals surface area contributed by atoms with E-state index in [4.69, 9.17) is 0 Å². The molecule has 0 aliphatic heterocycles. The lowest BCUT2D eigenvalue weighted by Gasteiger charge is -1.91. The van der Waals surface area contributed by atoms with Gasteiger partial charge in [0.05, 0.1) is 19.9 Å². The average Bonchev–Trinajstić information content (AvgIpc) is 3.13. The number of thiophene rings is 1. The first kappa shape index (κ1) is 13.1. The number of aryl methyl sites for hydroxylation is 2. The molecule has 9 heteroatoms. The number of aromatic nitrogens is 6.